The van der Waals surface area contributed by atoms with Crippen molar-refractivity contribution in [1.82, 2.24) is 9.21 Å². The first-order valence-corrected chi connectivity index (χ1v) is 13.2. The van der Waals surface area contributed by atoms with Crippen LogP contribution in [-0.4, -0.2) is 50.8 Å². The summed E-state index contributed by atoms with van der Waals surface area (Å²) in [5.74, 6) is 0.119. The Morgan fingerprint density at radius 2 is 1.82 bits per heavy atom. The van der Waals surface area contributed by atoms with Crippen LogP contribution < -0.4 is 4.74 Å². The maximum absolute atomic E-state index is 13.3. The van der Waals surface area contributed by atoms with Crippen molar-refractivity contribution in [3.8, 4) is 5.75 Å². The van der Waals surface area contributed by atoms with Crippen LogP contribution in [0, 0.1) is 0 Å². The van der Waals surface area contributed by atoms with E-state index in [1.807, 2.05) is 53.6 Å². The zero-order valence-electron chi connectivity index (χ0n) is 19.8. The van der Waals surface area contributed by atoms with Crippen LogP contribution in [0.15, 0.2) is 77.0 Å². The van der Waals surface area contributed by atoms with Gasteiger partial charge >= 0.3 is 0 Å². The van der Waals surface area contributed by atoms with Gasteiger partial charge in [0.1, 0.15) is 10.6 Å². The molecule has 0 bridgehead atoms. The van der Waals surface area contributed by atoms with Gasteiger partial charge in [-0.1, -0.05) is 42.5 Å². The van der Waals surface area contributed by atoms with Crippen LogP contribution in [0.1, 0.15) is 22.9 Å². The smallest absolute Gasteiger partial charge is 0.247 e. The van der Waals surface area contributed by atoms with E-state index >= 15 is 0 Å². The predicted molar refractivity (Wildman–Crippen MR) is 137 cm³/mol. The Labute approximate surface area is 206 Å². The Bertz CT molecular complexity index is 1220. The second-order valence-electron chi connectivity index (χ2n) is 8.12. The molecule has 0 radical (unpaired) electrons. The molecule has 0 aliphatic rings. The van der Waals surface area contributed by atoms with Gasteiger partial charge in [-0.15, -0.1) is 11.3 Å². The molecule has 2 aromatic carbocycles. The van der Waals surface area contributed by atoms with E-state index in [-0.39, 0.29) is 22.6 Å². The van der Waals surface area contributed by atoms with E-state index in [9.17, 15) is 13.2 Å². The van der Waals surface area contributed by atoms with Gasteiger partial charge in [-0.3, -0.25) is 4.79 Å². The maximum Gasteiger partial charge on any atom is 0.247 e. The fourth-order valence-electron chi connectivity index (χ4n) is 3.52. The zero-order valence-corrected chi connectivity index (χ0v) is 21.5. The van der Waals surface area contributed by atoms with Gasteiger partial charge in [0.2, 0.25) is 15.9 Å². The summed E-state index contributed by atoms with van der Waals surface area (Å²) in [6.07, 6.45) is 3.91. The molecule has 0 saturated carbocycles. The molecular formula is C26H30N2O4S2. The number of hydrogen-bond acceptors (Lipinski definition) is 5. The van der Waals surface area contributed by atoms with Crippen LogP contribution in [0.3, 0.4) is 0 Å². The Hall–Kier alpha value is -2.94. The van der Waals surface area contributed by atoms with Crippen LogP contribution >= 0.6 is 11.3 Å². The minimum absolute atomic E-state index is 0.0171. The molecule has 1 heterocycles. The molecule has 3 aromatic rings. The lowest BCUT2D eigenvalue weighted by atomic mass is 10.1. The Balaban J connectivity index is 1.87. The number of ether oxygens (including phenoxy) is 1. The molecule has 1 amide bonds. The average Bonchev–Trinajstić information content (AvgIpc) is 3.34. The van der Waals surface area contributed by atoms with E-state index in [1.54, 1.807) is 29.5 Å². The molecule has 3 rings (SSSR count). The van der Waals surface area contributed by atoms with Crippen molar-refractivity contribution >= 4 is 33.3 Å². The summed E-state index contributed by atoms with van der Waals surface area (Å²) >= 11 is 1.68. The van der Waals surface area contributed by atoms with Gasteiger partial charge in [0.15, 0.2) is 0 Å². The number of sulfonamides is 1. The van der Waals surface area contributed by atoms with Crippen molar-refractivity contribution < 1.29 is 17.9 Å². The molecule has 180 valence electrons. The lowest BCUT2D eigenvalue weighted by Gasteiger charge is -2.28. The number of benzene rings is 2. The van der Waals surface area contributed by atoms with Gasteiger partial charge in [-0.05, 0) is 47.7 Å². The van der Waals surface area contributed by atoms with Crippen molar-refractivity contribution in [3.05, 3.63) is 88.1 Å². The van der Waals surface area contributed by atoms with Crippen molar-refractivity contribution in [2.45, 2.75) is 30.8 Å². The minimum Gasteiger partial charge on any atom is -0.495 e. The highest BCUT2D eigenvalue weighted by atomic mass is 32.2. The molecule has 0 spiro atoms. The maximum atomic E-state index is 13.3. The van der Waals surface area contributed by atoms with Gasteiger partial charge in [0, 0.05) is 44.1 Å². The largest absolute Gasteiger partial charge is 0.495 e. The molecule has 0 fully saturated rings. The van der Waals surface area contributed by atoms with Gasteiger partial charge < -0.3 is 9.64 Å². The number of nitrogens with zero attached hydrogens (tertiary/aromatic N) is 2. The molecule has 1 atom stereocenters. The highest BCUT2D eigenvalue weighted by molar-refractivity contribution is 7.89. The first-order chi connectivity index (χ1) is 16.2. The fraction of sp³-hybridized carbons (Fsp3) is 0.269. The Morgan fingerprint density at radius 1 is 1.09 bits per heavy atom. The number of methoxy groups -OCH3 is 1. The van der Waals surface area contributed by atoms with Crippen LogP contribution in [0.4, 0.5) is 0 Å². The lowest BCUT2D eigenvalue weighted by Crippen LogP contribution is -2.38. The molecular weight excluding hydrogens is 468 g/mol. The van der Waals surface area contributed by atoms with Crippen LogP contribution in [-0.2, 0) is 27.8 Å². The molecule has 34 heavy (non-hydrogen) atoms. The Kier molecular flexibility index (Phi) is 8.66. The third kappa shape index (κ3) is 6.34. The molecule has 6 nitrogen and oxygen atoms in total. The van der Waals surface area contributed by atoms with Crippen molar-refractivity contribution in [1.29, 1.82) is 0 Å². The lowest BCUT2D eigenvalue weighted by molar-refractivity contribution is -0.128. The van der Waals surface area contributed by atoms with E-state index in [2.05, 4.69) is 6.07 Å². The molecule has 1 unspecified atom stereocenters. The van der Waals surface area contributed by atoms with Gasteiger partial charge in [0.25, 0.3) is 0 Å². The molecule has 0 aliphatic carbocycles. The summed E-state index contributed by atoms with van der Waals surface area (Å²) in [6, 6.07) is 18.8. The summed E-state index contributed by atoms with van der Waals surface area (Å²) in [5, 5.41) is 2.04. The number of amides is 1. The average molecular weight is 499 g/mol. The summed E-state index contributed by atoms with van der Waals surface area (Å²) < 4.78 is 31.8. The zero-order chi connectivity index (χ0) is 24.7. The second kappa shape index (κ2) is 11.5. The van der Waals surface area contributed by atoms with Crippen LogP contribution in [0.5, 0.6) is 5.75 Å². The standard InChI is InChI=1S/C26H30N2O4S2/c1-20(17-23-11-8-16-33-23)28(19-22-9-6-5-7-10-22)26(29)15-13-21-12-14-24(32-4)25(18-21)34(30,31)27(2)3/h5-16,18,20H,17,19H2,1-4H3/b15-13+. The number of rotatable bonds is 10. The highest BCUT2D eigenvalue weighted by Crippen LogP contribution is 2.27. The highest BCUT2D eigenvalue weighted by Gasteiger charge is 2.23. The monoisotopic (exact) mass is 498 g/mol. The summed E-state index contributed by atoms with van der Waals surface area (Å²) in [4.78, 5) is 16.4. The molecule has 0 N–H and O–H groups in total. The summed E-state index contributed by atoms with van der Waals surface area (Å²) in [5.41, 5.74) is 1.64. The third-order valence-electron chi connectivity index (χ3n) is 5.45. The van der Waals surface area contributed by atoms with Crippen molar-refractivity contribution in [2.75, 3.05) is 21.2 Å². The summed E-state index contributed by atoms with van der Waals surface area (Å²) in [7, 11) is 0.669. The molecule has 0 saturated heterocycles. The number of thiophene rings is 1. The first kappa shape index (κ1) is 25.7. The first-order valence-electron chi connectivity index (χ1n) is 10.9. The van der Waals surface area contributed by atoms with Crippen molar-refractivity contribution in [2.24, 2.45) is 0 Å². The summed E-state index contributed by atoms with van der Waals surface area (Å²) in [6.45, 7) is 2.53. The van der Waals surface area contributed by atoms with Gasteiger partial charge in [-0.25, -0.2) is 12.7 Å². The van der Waals surface area contributed by atoms with Crippen molar-refractivity contribution in [3.63, 3.8) is 0 Å². The van der Waals surface area contributed by atoms with E-state index < -0.39 is 10.0 Å². The number of hydrogen-bond donors (Lipinski definition) is 0. The van der Waals surface area contributed by atoms with Gasteiger partial charge in [0.05, 0.1) is 7.11 Å². The van der Waals surface area contributed by atoms with E-state index in [4.69, 9.17) is 4.74 Å². The number of carbonyl (C=O) groups is 1. The number of carbonyl (C=O) groups excluding carboxylic acids is 1. The van der Waals surface area contributed by atoms with Crippen LogP contribution in [0.25, 0.3) is 6.08 Å². The Morgan fingerprint density at radius 3 is 2.44 bits per heavy atom. The van der Waals surface area contributed by atoms with Gasteiger partial charge in [-0.2, -0.15) is 0 Å². The molecule has 0 aliphatic heterocycles. The fourth-order valence-corrected chi connectivity index (χ4v) is 5.43. The van der Waals surface area contributed by atoms with E-state index in [0.29, 0.717) is 12.1 Å². The molecule has 8 heteroatoms. The second-order valence-corrected chi connectivity index (χ2v) is 11.3. The third-order valence-corrected chi connectivity index (χ3v) is 8.19. The topological polar surface area (TPSA) is 66.9 Å². The quantitative estimate of drug-likeness (QED) is 0.381. The predicted octanol–water partition coefficient (Wildman–Crippen LogP) is 4.68. The van der Waals surface area contributed by atoms with E-state index in [0.717, 1.165) is 16.3 Å². The van der Waals surface area contributed by atoms with Crippen LogP contribution in [0.2, 0.25) is 0 Å². The normalized spacial score (nSPS) is 12.7. The SMILES string of the molecule is COc1ccc(/C=C/C(=O)N(Cc2ccccc2)C(C)Cc2cccs2)cc1S(=O)(=O)N(C)C. The van der Waals surface area contributed by atoms with E-state index in [1.165, 1.54) is 38.2 Å². The molecule has 1 aromatic heterocycles. The minimum atomic E-state index is -3.70.